The summed E-state index contributed by atoms with van der Waals surface area (Å²) in [5.41, 5.74) is 2.66. The summed E-state index contributed by atoms with van der Waals surface area (Å²) in [5.74, 6) is 2.19. The Bertz CT molecular complexity index is 978. The van der Waals surface area contributed by atoms with Crippen molar-refractivity contribution in [3.63, 3.8) is 0 Å². The Kier molecular flexibility index (Phi) is 7.28. The molecule has 7 heteroatoms. The number of piperidine rings is 1. The van der Waals surface area contributed by atoms with Crippen LogP contribution in [0.2, 0.25) is 0 Å². The summed E-state index contributed by atoms with van der Waals surface area (Å²) in [7, 11) is 3.61. The van der Waals surface area contributed by atoms with E-state index in [1.54, 1.807) is 13.3 Å². The lowest BCUT2D eigenvalue weighted by Crippen LogP contribution is -2.42. The summed E-state index contributed by atoms with van der Waals surface area (Å²) < 4.78 is 13.2. The van der Waals surface area contributed by atoms with Crippen molar-refractivity contribution in [1.29, 1.82) is 0 Å². The third-order valence-corrected chi connectivity index (χ3v) is 5.36. The number of rotatable bonds is 8. The molecule has 0 bridgehead atoms. The van der Waals surface area contributed by atoms with Gasteiger partial charge in [-0.25, -0.2) is 9.97 Å². The first-order chi connectivity index (χ1) is 15.2. The van der Waals surface area contributed by atoms with Gasteiger partial charge in [0.05, 0.1) is 19.0 Å². The van der Waals surface area contributed by atoms with E-state index in [4.69, 9.17) is 9.47 Å². The molecule has 0 aromatic carbocycles. The molecule has 0 amide bonds. The van der Waals surface area contributed by atoms with Crippen LogP contribution in [0.4, 0.5) is 0 Å². The first-order valence-corrected chi connectivity index (χ1v) is 10.9. The van der Waals surface area contributed by atoms with Crippen LogP contribution in [-0.2, 0) is 11.8 Å². The highest BCUT2D eigenvalue weighted by Gasteiger charge is 2.23. The Morgan fingerprint density at radius 1 is 1.22 bits per heavy atom. The molecule has 172 valence electrons. The highest BCUT2D eigenvalue weighted by molar-refractivity contribution is 5.62. The third-order valence-electron chi connectivity index (χ3n) is 5.36. The number of ether oxygens (including phenoxy) is 2. The molecular formula is C25H35N5O2. The van der Waals surface area contributed by atoms with Crippen molar-refractivity contribution in [3.05, 3.63) is 61.2 Å². The second-order valence-electron chi connectivity index (χ2n) is 9.02. The average Bonchev–Trinajstić information content (AvgIpc) is 3.12. The standard InChI is InChI=1S/C25H35N5O2/c1-18(28-21-11-14-30(15-12-21)19(2)32-25(3,4)5)8-9-23-27-17-22(29(23)6)20-10-13-26-24(16-20)31-7/h8-10,13,16-17,21,28H,1-2,11-12,14-15H2,3-7H3/b9-8-. The molecule has 0 aliphatic carbocycles. The van der Waals surface area contributed by atoms with E-state index in [9.17, 15) is 0 Å². The topological polar surface area (TPSA) is 64.4 Å². The zero-order valence-electron chi connectivity index (χ0n) is 19.9. The molecule has 0 spiro atoms. The molecule has 1 N–H and O–H groups in total. The van der Waals surface area contributed by atoms with Crippen LogP contribution in [0.5, 0.6) is 5.88 Å². The predicted octanol–water partition coefficient (Wildman–Crippen LogP) is 4.36. The van der Waals surface area contributed by atoms with E-state index in [2.05, 4.69) is 33.3 Å². The Hall–Kier alpha value is -3.22. The van der Waals surface area contributed by atoms with E-state index >= 15 is 0 Å². The van der Waals surface area contributed by atoms with Crippen LogP contribution in [0.25, 0.3) is 17.3 Å². The van der Waals surface area contributed by atoms with Crippen molar-refractivity contribution >= 4 is 6.08 Å². The van der Waals surface area contributed by atoms with Gasteiger partial charge in [0.1, 0.15) is 11.4 Å². The average molecular weight is 438 g/mol. The minimum atomic E-state index is -0.223. The third kappa shape index (κ3) is 6.15. The molecule has 1 aliphatic rings. The van der Waals surface area contributed by atoms with E-state index in [0.717, 1.165) is 54.6 Å². The van der Waals surface area contributed by atoms with Gasteiger partial charge in [-0.05, 0) is 58.4 Å². The lowest BCUT2D eigenvalue weighted by atomic mass is 10.0. The quantitative estimate of drug-likeness (QED) is 0.489. The molecule has 0 saturated carbocycles. The van der Waals surface area contributed by atoms with Gasteiger partial charge >= 0.3 is 0 Å². The largest absolute Gasteiger partial charge is 0.481 e. The molecule has 2 aromatic rings. The molecule has 2 aromatic heterocycles. The number of nitrogens with one attached hydrogen (secondary N) is 1. The summed E-state index contributed by atoms with van der Waals surface area (Å²) in [6.07, 6.45) is 9.56. The van der Waals surface area contributed by atoms with Crippen LogP contribution >= 0.6 is 0 Å². The zero-order chi connectivity index (χ0) is 23.3. The molecule has 0 unspecified atom stereocenters. The lowest BCUT2D eigenvalue weighted by molar-refractivity contribution is -0.00338. The van der Waals surface area contributed by atoms with Gasteiger partial charge in [0.25, 0.3) is 0 Å². The molecule has 1 aliphatic heterocycles. The van der Waals surface area contributed by atoms with Crippen LogP contribution in [-0.4, -0.2) is 51.3 Å². The Morgan fingerprint density at radius 2 is 1.94 bits per heavy atom. The summed E-state index contributed by atoms with van der Waals surface area (Å²) in [5, 5.41) is 3.53. The maximum Gasteiger partial charge on any atom is 0.213 e. The maximum atomic E-state index is 5.90. The number of allylic oxidation sites excluding steroid dienone is 1. The van der Waals surface area contributed by atoms with Gasteiger partial charge in [0.15, 0.2) is 5.88 Å². The second-order valence-corrected chi connectivity index (χ2v) is 9.02. The zero-order valence-corrected chi connectivity index (χ0v) is 19.9. The molecule has 1 fully saturated rings. The first-order valence-electron chi connectivity index (χ1n) is 10.9. The molecule has 3 rings (SSSR count). The molecule has 32 heavy (non-hydrogen) atoms. The van der Waals surface area contributed by atoms with Crippen molar-refractivity contribution in [2.45, 2.75) is 45.3 Å². The Morgan fingerprint density at radius 3 is 2.59 bits per heavy atom. The fourth-order valence-electron chi connectivity index (χ4n) is 3.70. The highest BCUT2D eigenvalue weighted by Crippen LogP contribution is 2.23. The summed E-state index contributed by atoms with van der Waals surface area (Å²) in [4.78, 5) is 10.9. The fourth-order valence-corrected chi connectivity index (χ4v) is 3.70. The molecular weight excluding hydrogens is 402 g/mol. The number of methoxy groups -OCH3 is 1. The monoisotopic (exact) mass is 437 g/mol. The van der Waals surface area contributed by atoms with Crippen LogP contribution in [0, 0.1) is 0 Å². The van der Waals surface area contributed by atoms with Crippen LogP contribution in [0.3, 0.4) is 0 Å². The van der Waals surface area contributed by atoms with E-state index < -0.39 is 0 Å². The van der Waals surface area contributed by atoms with Gasteiger partial charge in [-0.1, -0.05) is 6.58 Å². The lowest BCUT2D eigenvalue weighted by Gasteiger charge is -2.37. The fraction of sp³-hybridized carbons (Fsp3) is 0.440. The van der Waals surface area contributed by atoms with Gasteiger partial charge in [0, 0.05) is 49.7 Å². The highest BCUT2D eigenvalue weighted by atomic mass is 16.5. The molecule has 0 atom stereocenters. The van der Waals surface area contributed by atoms with Gasteiger partial charge in [-0.15, -0.1) is 0 Å². The number of imidazole rings is 1. The molecule has 0 radical (unpaired) electrons. The van der Waals surface area contributed by atoms with Crippen molar-refractivity contribution in [3.8, 4) is 17.1 Å². The van der Waals surface area contributed by atoms with Gasteiger partial charge in [0.2, 0.25) is 5.88 Å². The normalized spacial score (nSPS) is 15.1. The van der Waals surface area contributed by atoms with Crippen molar-refractivity contribution in [1.82, 2.24) is 24.8 Å². The van der Waals surface area contributed by atoms with E-state index in [0.29, 0.717) is 11.9 Å². The van der Waals surface area contributed by atoms with E-state index in [1.807, 2.05) is 62.9 Å². The molecule has 1 saturated heterocycles. The maximum absolute atomic E-state index is 5.90. The SMILES string of the molecule is C=C(/C=C\c1ncc(-c2ccnc(OC)c2)n1C)NC1CCN(C(=C)OC(C)(C)C)CC1. The Balaban J connectivity index is 1.53. The number of nitrogens with zero attached hydrogens (tertiary/aromatic N) is 4. The summed E-state index contributed by atoms with van der Waals surface area (Å²) in [6.45, 7) is 16.2. The number of hydrogen-bond acceptors (Lipinski definition) is 6. The van der Waals surface area contributed by atoms with Crippen LogP contribution < -0.4 is 10.1 Å². The van der Waals surface area contributed by atoms with Crippen LogP contribution in [0.15, 0.2) is 55.3 Å². The van der Waals surface area contributed by atoms with E-state index in [1.165, 1.54) is 0 Å². The minimum absolute atomic E-state index is 0.223. The molecule has 3 heterocycles. The van der Waals surface area contributed by atoms with Gasteiger partial charge in [-0.3, -0.25) is 0 Å². The number of aromatic nitrogens is 3. The summed E-state index contributed by atoms with van der Waals surface area (Å²) >= 11 is 0. The number of hydrogen-bond donors (Lipinski definition) is 1. The van der Waals surface area contributed by atoms with Gasteiger partial charge in [-0.2, -0.15) is 0 Å². The minimum Gasteiger partial charge on any atom is -0.481 e. The van der Waals surface area contributed by atoms with Crippen molar-refractivity contribution in [2.75, 3.05) is 20.2 Å². The second kappa shape index (κ2) is 9.94. The number of likely N-dealkylation sites (tertiary alicyclic amines) is 1. The Labute approximate surface area is 191 Å². The smallest absolute Gasteiger partial charge is 0.213 e. The van der Waals surface area contributed by atoms with E-state index in [-0.39, 0.29) is 5.60 Å². The first kappa shape index (κ1) is 23.4. The van der Waals surface area contributed by atoms with Crippen molar-refractivity contribution < 1.29 is 9.47 Å². The summed E-state index contributed by atoms with van der Waals surface area (Å²) in [6, 6.07) is 4.23. The van der Waals surface area contributed by atoms with Gasteiger partial charge < -0.3 is 24.3 Å². The molecule has 7 nitrogen and oxygen atoms in total. The number of pyridine rings is 1. The van der Waals surface area contributed by atoms with Crippen LogP contribution in [0.1, 0.15) is 39.4 Å². The predicted molar refractivity (Wildman–Crippen MR) is 129 cm³/mol. The van der Waals surface area contributed by atoms with Crippen molar-refractivity contribution in [2.24, 2.45) is 7.05 Å².